The van der Waals surface area contributed by atoms with Crippen LogP contribution in [0.5, 0.6) is 0 Å². The number of nitrogens with one attached hydrogen (secondary N) is 1. The van der Waals surface area contributed by atoms with Crippen molar-refractivity contribution in [2.75, 3.05) is 0 Å². The van der Waals surface area contributed by atoms with Crippen LogP contribution in [0.15, 0.2) is 24.3 Å². The molecule has 0 spiro atoms. The lowest BCUT2D eigenvalue weighted by atomic mass is 9.97. The number of carbonyl (C=O) groups excluding carboxylic acids is 1. The Kier molecular flexibility index (Phi) is 8.60. The Morgan fingerprint density at radius 2 is 1.57 bits per heavy atom. The van der Waals surface area contributed by atoms with E-state index in [-0.39, 0.29) is 30.3 Å². The predicted molar refractivity (Wildman–Crippen MR) is 91.8 cm³/mol. The molecule has 1 aromatic carbocycles. The van der Waals surface area contributed by atoms with Gasteiger partial charge in [-0.25, -0.2) is 0 Å². The lowest BCUT2D eigenvalue weighted by Gasteiger charge is -2.21. The van der Waals surface area contributed by atoms with Crippen LogP contribution in [0.25, 0.3) is 0 Å². The molecule has 0 saturated heterocycles. The van der Waals surface area contributed by atoms with Crippen LogP contribution >= 0.6 is 12.4 Å². The van der Waals surface area contributed by atoms with Crippen molar-refractivity contribution in [3.63, 3.8) is 0 Å². The molecular weight excluding hydrogens is 284 g/mol. The summed E-state index contributed by atoms with van der Waals surface area (Å²) >= 11 is 0. The molecule has 3 nitrogen and oxygen atoms in total. The van der Waals surface area contributed by atoms with E-state index in [0.717, 1.165) is 12.0 Å². The van der Waals surface area contributed by atoms with E-state index in [1.807, 2.05) is 20.8 Å². The van der Waals surface area contributed by atoms with Crippen LogP contribution in [-0.2, 0) is 4.79 Å². The van der Waals surface area contributed by atoms with Gasteiger partial charge < -0.3 is 11.1 Å². The summed E-state index contributed by atoms with van der Waals surface area (Å²) in [4.78, 5) is 12.1. The van der Waals surface area contributed by atoms with Gasteiger partial charge in [0.2, 0.25) is 5.91 Å². The fourth-order valence-corrected chi connectivity index (χ4v) is 2.07. The maximum atomic E-state index is 12.1. The van der Waals surface area contributed by atoms with Crippen molar-refractivity contribution in [2.24, 2.45) is 11.7 Å². The fraction of sp³-hybridized carbons (Fsp3) is 0.588. The van der Waals surface area contributed by atoms with Crippen molar-refractivity contribution >= 4 is 18.3 Å². The summed E-state index contributed by atoms with van der Waals surface area (Å²) in [6, 6.07) is 7.95. The number of hydrogen-bond donors (Lipinski definition) is 2. The van der Waals surface area contributed by atoms with Crippen LogP contribution in [0.3, 0.4) is 0 Å². The molecule has 3 N–H and O–H groups in total. The van der Waals surface area contributed by atoms with Gasteiger partial charge in [-0.3, -0.25) is 4.79 Å². The Bertz CT molecular complexity index is 431. The van der Waals surface area contributed by atoms with E-state index in [4.69, 9.17) is 5.73 Å². The summed E-state index contributed by atoms with van der Waals surface area (Å²) in [6.07, 6.45) is 0.909. The number of halogens is 1. The molecule has 0 heterocycles. The second kappa shape index (κ2) is 9.06. The second-order valence-electron chi connectivity index (χ2n) is 5.96. The van der Waals surface area contributed by atoms with Crippen LogP contribution in [0.2, 0.25) is 0 Å². The highest BCUT2D eigenvalue weighted by molar-refractivity contribution is 5.85. The molecule has 4 heteroatoms. The number of benzene rings is 1. The first-order valence-corrected chi connectivity index (χ1v) is 7.52. The second-order valence-corrected chi connectivity index (χ2v) is 5.96. The summed E-state index contributed by atoms with van der Waals surface area (Å²) < 4.78 is 0. The highest BCUT2D eigenvalue weighted by Gasteiger charge is 2.21. The molecular formula is C17H29ClN2O. The highest BCUT2D eigenvalue weighted by Crippen LogP contribution is 2.19. The third-order valence-corrected chi connectivity index (χ3v) is 4.02. The van der Waals surface area contributed by atoms with Gasteiger partial charge in [0.05, 0.1) is 12.1 Å². The zero-order chi connectivity index (χ0) is 15.3. The third-order valence-electron chi connectivity index (χ3n) is 4.02. The van der Waals surface area contributed by atoms with E-state index in [2.05, 4.69) is 43.4 Å². The van der Waals surface area contributed by atoms with Gasteiger partial charge in [-0.15, -0.1) is 12.4 Å². The van der Waals surface area contributed by atoms with Crippen molar-refractivity contribution in [1.29, 1.82) is 0 Å². The molecule has 1 amide bonds. The van der Waals surface area contributed by atoms with E-state index < -0.39 is 6.04 Å². The lowest BCUT2D eigenvalue weighted by molar-refractivity contribution is -0.124. The Hall–Kier alpha value is -1.06. The summed E-state index contributed by atoms with van der Waals surface area (Å²) in [5.74, 6) is 0.651. The van der Waals surface area contributed by atoms with Crippen LogP contribution in [0.4, 0.5) is 0 Å². The Balaban J connectivity index is 0.00000400. The first kappa shape index (κ1) is 19.9. The van der Waals surface area contributed by atoms with Crippen molar-refractivity contribution < 1.29 is 4.79 Å². The van der Waals surface area contributed by atoms with Gasteiger partial charge in [-0.2, -0.15) is 0 Å². The number of hydrogen-bond acceptors (Lipinski definition) is 2. The van der Waals surface area contributed by atoms with Crippen molar-refractivity contribution in [2.45, 2.75) is 59.0 Å². The maximum Gasteiger partial charge on any atom is 0.237 e. The minimum absolute atomic E-state index is 0. The lowest BCUT2D eigenvalue weighted by Crippen LogP contribution is -2.45. The summed E-state index contributed by atoms with van der Waals surface area (Å²) in [7, 11) is 0. The van der Waals surface area contributed by atoms with Crippen LogP contribution in [0, 0.1) is 5.92 Å². The average Bonchev–Trinajstić information content (AvgIpc) is 2.45. The largest absolute Gasteiger partial charge is 0.348 e. The average molecular weight is 313 g/mol. The SMILES string of the molecule is CCC(C)C(N)C(=O)NC(C)c1ccc(C(C)C)cc1.Cl. The zero-order valence-corrected chi connectivity index (χ0v) is 14.5. The summed E-state index contributed by atoms with van der Waals surface area (Å²) in [5.41, 5.74) is 8.37. The molecule has 0 radical (unpaired) electrons. The molecule has 21 heavy (non-hydrogen) atoms. The highest BCUT2D eigenvalue weighted by atomic mass is 35.5. The van der Waals surface area contributed by atoms with Crippen molar-refractivity contribution in [3.05, 3.63) is 35.4 Å². The minimum atomic E-state index is -0.433. The summed E-state index contributed by atoms with van der Waals surface area (Å²) in [5, 5.41) is 3.00. The summed E-state index contributed by atoms with van der Waals surface area (Å²) in [6.45, 7) is 10.4. The van der Waals surface area contributed by atoms with Gasteiger partial charge in [0.15, 0.2) is 0 Å². The molecule has 1 aromatic rings. The first-order valence-electron chi connectivity index (χ1n) is 7.52. The molecule has 3 atom stereocenters. The van der Waals surface area contributed by atoms with Gasteiger partial charge in [-0.1, -0.05) is 58.4 Å². The van der Waals surface area contributed by atoms with E-state index >= 15 is 0 Å². The van der Waals surface area contributed by atoms with E-state index in [9.17, 15) is 4.79 Å². The maximum absolute atomic E-state index is 12.1. The van der Waals surface area contributed by atoms with Gasteiger partial charge in [0, 0.05) is 0 Å². The van der Waals surface area contributed by atoms with Gasteiger partial charge >= 0.3 is 0 Å². The Labute approximate surface area is 135 Å². The normalized spacial score (nSPS) is 15.0. The van der Waals surface area contributed by atoms with Gasteiger partial charge in [0.1, 0.15) is 0 Å². The Morgan fingerprint density at radius 3 is 2.00 bits per heavy atom. The molecule has 0 fully saturated rings. The molecule has 1 rings (SSSR count). The van der Waals surface area contributed by atoms with Crippen LogP contribution < -0.4 is 11.1 Å². The number of carbonyl (C=O) groups is 1. The van der Waals surface area contributed by atoms with Gasteiger partial charge in [0.25, 0.3) is 0 Å². The first-order chi connectivity index (χ1) is 9.36. The fourth-order valence-electron chi connectivity index (χ4n) is 2.07. The van der Waals surface area contributed by atoms with E-state index in [1.54, 1.807) is 0 Å². The minimum Gasteiger partial charge on any atom is -0.348 e. The van der Waals surface area contributed by atoms with Crippen molar-refractivity contribution in [1.82, 2.24) is 5.32 Å². The molecule has 0 aliphatic carbocycles. The van der Waals surface area contributed by atoms with E-state index in [0.29, 0.717) is 5.92 Å². The smallest absolute Gasteiger partial charge is 0.237 e. The van der Waals surface area contributed by atoms with Gasteiger partial charge in [-0.05, 0) is 29.9 Å². The number of nitrogens with two attached hydrogens (primary N) is 1. The number of amides is 1. The van der Waals surface area contributed by atoms with Crippen LogP contribution in [0.1, 0.15) is 64.1 Å². The zero-order valence-electron chi connectivity index (χ0n) is 13.7. The standard InChI is InChI=1S/C17H28N2O.ClH/c1-6-12(4)16(18)17(20)19-13(5)15-9-7-14(8-10-15)11(2)3;/h7-13,16H,6,18H2,1-5H3,(H,19,20);1H. The molecule has 0 aliphatic heterocycles. The molecule has 3 unspecified atom stereocenters. The molecule has 120 valence electrons. The molecule has 0 aliphatic rings. The Morgan fingerprint density at radius 1 is 1.10 bits per heavy atom. The quantitative estimate of drug-likeness (QED) is 0.840. The molecule has 0 bridgehead atoms. The van der Waals surface area contributed by atoms with Crippen LogP contribution in [-0.4, -0.2) is 11.9 Å². The molecule has 0 saturated carbocycles. The third kappa shape index (κ3) is 5.68. The predicted octanol–water partition coefficient (Wildman–Crippen LogP) is 3.78. The number of rotatable bonds is 6. The van der Waals surface area contributed by atoms with E-state index in [1.165, 1.54) is 5.56 Å². The van der Waals surface area contributed by atoms with Crippen molar-refractivity contribution in [3.8, 4) is 0 Å². The molecule has 0 aromatic heterocycles. The monoisotopic (exact) mass is 312 g/mol. The topological polar surface area (TPSA) is 55.1 Å².